The van der Waals surface area contributed by atoms with E-state index in [2.05, 4.69) is 62.9 Å². The Morgan fingerprint density at radius 3 is 2.33 bits per heavy atom. The fraction of sp³-hybridized carbons (Fsp3) is 0.545. The maximum absolute atomic E-state index is 2.44. The van der Waals surface area contributed by atoms with Crippen molar-refractivity contribution in [2.75, 3.05) is 0 Å². The van der Waals surface area contributed by atoms with E-state index < -0.39 is 0 Å². The van der Waals surface area contributed by atoms with Crippen molar-refractivity contribution in [1.29, 1.82) is 0 Å². The molecular formula is C11H18V. The molecule has 0 aromatic rings. The second-order valence-corrected chi connectivity index (χ2v) is 4.69. The van der Waals surface area contributed by atoms with Crippen LogP contribution in [0.4, 0.5) is 0 Å². The molecule has 1 heteroatoms. The molecule has 0 fully saturated rings. The molecule has 0 radical (unpaired) electrons. The number of allylic oxidation sites excluding steroid dienone is 4. The second kappa shape index (κ2) is 5.56. The fourth-order valence-electron chi connectivity index (χ4n) is 0.771. The van der Waals surface area contributed by atoms with Crippen LogP contribution in [0.3, 0.4) is 0 Å². The molecule has 0 bridgehead atoms. The maximum atomic E-state index is 2.44. The Morgan fingerprint density at radius 2 is 1.92 bits per heavy atom. The van der Waals surface area contributed by atoms with Gasteiger partial charge in [0, 0.05) is 0 Å². The Morgan fingerprint density at radius 1 is 1.33 bits per heavy atom. The zero-order valence-corrected chi connectivity index (χ0v) is 9.86. The molecule has 0 nitrogen and oxygen atoms in total. The third kappa shape index (κ3) is 8.04. The Balaban J connectivity index is 3.93. The van der Waals surface area contributed by atoms with E-state index in [-0.39, 0.29) is 0 Å². The zero-order chi connectivity index (χ0) is 9.61. The summed E-state index contributed by atoms with van der Waals surface area (Å²) in [6, 6.07) is 0. The van der Waals surface area contributed by atoms with Gasteiger partial charge < -0.3 is 0 Å². The minimum atomic E-state index is 0.406. The molecule has 0 amide bonds. The SMILES string of the molecule is CC(C=CCC(C)(C)C)=C[CH]=[V]. The predicted molar refractivity (Wildman–Crippen MR) is 53.0 cm³/mol. The minimum absolute atomic E-state index is 0.406. The normalized spacial score (nSPS) is 13.8. The van der Waals surface area contributed by atoms with Crippen LogP contribution >= 0.6 is 0 Å². The molecule has 0 atom stereocenters. The summed E-state index contributed by atoms with van der Waals surface area (Å²) < 4.78 is 2.00. The van der Waals surface area contributed by atoms with E-state index >= 15 is 0 Å². The average Bonchev–Trinajstić information content (AvgIpc) is 1.84. The molecule has 0 N–H and O–H groups in total. The van der Waals surface area contributed by atoms with Gasteiger partial charge in [0.1, 0.15) is 0 Å². The summed E-state index contributed by atoms with van der Waals surface area (Å²) in [7, 11) is 0. The molecule has 0 aromatic carbocycles. The summed E-state index contributed by atoms with van der Waals surface area (Å²) in [6.07, 6.45) is 7.65. The fourth-order valence-corrected chi connectivity index (χ4v) is 1.14. The van der Waals surface area contributed by atoms with Gasteiger partial charge in [-0.3, -0.25) is 0 Å². The Hall–Kier alpha value is -0.0656. The van der Waals surface area contributed by atoms with Gasteiger partial charge in [0.15, 0.2) is 0 Å². The third-order valence-corrected chi connectivity index (χ3v) is 1.68. The van der Waals surface area contributed by atoms with E-state index in [0.29, 0.717) is 5.41 Å². The summed E-state index contributed by atoms with van der Waals surface area (Å²) in [5.41, 5.74) is 1.71. The van der Waals surface area contributed by atoms with Crippen LogP contribution in [0.1, 0.15) is 34.1 Å². The monoisotopic (exact) mass is 201 g/mol. The van der Waals surface area contributed by atoms with Crippen molar-refractivity contribution >= 4 is 4.73 Å². The van der Waals surface area contributed by atoms with Gasteiger partial charge in [-0.05, 0) is 0 Å². The Kier molecular flexibility index (Phi) is 5.53. The van der Waals surface area contributed by atoms with Crippen LogP contribution in [0.2, 0.25) is 0 Å². The molecule has 67 valence electrons. The summed E-state index contributed by atoms with van der Waals surface area (Å²) in [4.78, 5) is 0. The second-order valence-electron chi connectivity index (χ2n) is 4.23. The summed E-state index contributed by atoms with van der Waals surface area (Å²) in [5, 5.41) is 0. The number of rotatable bonds is 3. The predicted octanol–water partition coefficient (Wildman–Crippen LogP) is 3.27. The van der Waals surface area contributed by atoms with Gasteiger partial charge in [0.25, 0.3) is 0 Å². The molecule has 0 unspecified atom stereocenters. The molecule has 0 heterocycles. The van der Waals surface area contributed by atoms with E-state index in [0.717, 1.165) is 6.42 Å². The van der Waals surface area contributed by atoms with Gasteiger partial charge in [-0.2, -0.15) is 0 Å². The van der Waals surface area contributed by atoms with E-state index in [9.17, 15) is 0 Å². The van der Waals surface area contributed by atoms with Crippen LogP contribution in [0.5, 0.6) is 0 Å². The molecule has 0 saturated heterocycles. The van der Waals surface area contributed by atoms with Crippen LogP contribution in [-0.4, -0.2) is 4.73 Å². The van der Waals surface area contributed by atoms with Gasteiger partial charge in [-0.15, -0.1) is 0 Å². The summed E-state index contributed by atoms with van der Waals surface area (Å²) in [6.45, 7) is 8.86. The van der Waals surface area contributed by atoms with E-state index in [1.807, 2.05) is 4.73 Å². The summed E-state index contributed by atoms with van der Waals surface area (Å²) >= 11 is 2.44. The first-order valence-electron chi connectivity index (χ1n) is 4.26. The van der Waals surface area contributed by atoms with Gasteiger partial charge in [0.2, 0.25) is 0 Å². The zero-order valence-electron chi connectivity index (χ0n) is 8.46. The van der Waals surface area contributed by atoms with Crippen molar-refractivity contribution in [2.24, 2.45) is 5.41 Å². The van der Waals surface area contributed by atoms with Gasteiger partial charge in [-0.1, -0.05) is 0 Å². The van der Waals surface area contributed by atoms with E-state index in [4.69, 9.17) is 0 Å². The number of hydrogen-bond donors (Lipinski definition) is 0. The quantitative estimate of drug-likeness (QED) is 0.615. The van der Waals surface area contributed by atoms with Crippen molar-refractivity contribution in [1.82, 2.24) is 0 Å². The van der Waals surface area contributed by atoms with Crippen molar-refractivity contribution < 1.29 is 17.0 Å². The van der Waals surface area contributed by atoms with Crippen molar-refractivity contribution in [3.05, 3.63) is 23.8 Å². The van der Waals surface area contributed by atoms with Crippen molar-refractivity contribution in [2.45, 2.75) is 34.1 Å². The Bertz CT molecular complexity index is 192. The van der Waals surface area contributed by atoms with E-state index in [1.54, 1.807) is 0 Å². The van der Waals surface area contributed by atoms with Crippen molar-refractivity contribution in [3.8, 4) is 0 Å². The van der Waals surface area contributed by atoms with Gasteiger partial charge >= 0.3 is 85.0 Å². The molecule has 0 aliphatic rings. The van der Waals surface area contributed by atoms with Crippen LogP contribution in [0.15, 0.2) is 23.8 Å². The first kappa shape index (κ1) is 11.9. The molecule has 0 spiro atoms. The first-order chi connectivity index (χ1) is 5.45. The van der Waals surface area contributed by atoms with Crippen LogP contribution < -0.4 is 0 Å². The third-order valence-electron chi connectivity index (χ3n) is 1.45. The topological polar surface area (TPSA) is 0 Å². The summed E-state index contributed by atoms with van der Waals surface area (Å²) in [5.74, 6) is 0. The molecule has 0 aliphatic carbocycles. The van der Waals surface area contributed by atoms with Gasteiger partial charge in [-0.25, -0.2) is 0 Å². The standard InChI is InChI=1S/C11H18.V/c1-6-10(2)8-7-9-11(3,4)5;/h1,6-8H,9H2,2-5H3;. The molecule has 0 aromatic heterocycles. The molecule has 0 saturated carbocycles. The molecule has 0 aliphatic heterocycles. The molecule has 0 rings (SSSR count). The Labute approximate surface area is 85.2 Å². The first-order valence-corrected chi connectivity index (χ1v) is 5.07. The molecular weight excluding hydrogens is 183 g/mol. The number of hydrogen-bond acceptors (Lipinski definition) is 0. The molecule has 12 heavy (non-hydrogen) atoms. The van der Waals surface area contributed by atoms with Crippen LogP contribution in [0, 0.1) is 5.41 Å². The van der Waals surface area contributed by atoms with Gasteiger partial charge in [0.05, 0.1) is 0 Å². The van der Waals surface area contributed by atoms with E-state index in [1.165, 1.54) is 5.57 Å². The average molecular weight is 201 g/mol. The van der Waals surface area contributed by atoms with Crippen LogP contribution in [-0.2, 0) is 17.0 Å². The van der Waals surface area contributed by atoms with Crippen LogP contribution in [0.25, 0.3) is 0 Å². The van der Waals surface area contributed by atoms with Crippen molar-refractivity contribution in [3.63, 3.8) is 0 Å².